The van der Waals surface area contributed by atoms with Gasteiger partial charge in [0, 0.05) is 17.2 Å². The van der Waals surface area contributed by atoms with Crippen molar-refractivity contribution in [2.75, 3.05) is 21.3 Å². The molecule has 0 atom stereocenters. The first kappa shape index (κ1) is 18.3. The highest BCUT2D eigenvalue weighted by Crippen LogP contribution is 2.33. The zero-order chi connectivity index (χ0) is 19.2. The molecule has 3 aromatic rings. The van der Waals surface area contributed by atoms with E-state index in [9.17, 15) is 4.79 Å². The third-order valence-electron chi connectivity index (χ3n) is 4.14. The van der Waals surface area contributed by atoms with Crippen molar-refractivity contribution in [3.05, 3.63) is 65.7 Å². The quantitative estimate of drug-likeness (QED) is 0.536. The topological polar surface area (TPSA) is 69.2 Å². The molecule has 27 heavy (non-hydrogen) atoms. The second-order valence-corrected chi connectivity index (χ2v) is 5.67. The van der Waals surface area contributed by atoms with Crippen molar-refractivity contribution >= 4 is 22.9 Å². The lowest BCUT2D eigenvalue weighted by Gasteiger charge is -2.11. The van der Waals surface area contributed by atoms with Gasteiger partial charge in [-0.15, -0.1) is 0 Å². The monoisotopic (exact) mass is 364 g/mol. The summed E-state index contributed by atoms with van der Waals surface area (Å²) in [7, 11) is 4.65. The molecule has 0 heterocycles. The standard InChI is InChI=1S/C21H20N2O4/c1-25-18-12-20(27-3)19(26-2)11-15(18)13-22-23-21(24)17-10-6-8-14-7-4-5-9-16(14)17/h4-13H,1-3H3,(H,23,24)/b22-13+. The van der Waals surface area contributed by atoms with Crippen molar-refractivity contribution < 1.29 is 19.0 Å². The number of hydrogen-bond acceptors (Lipinski definition) is 5. The molecule has 0 spiro atoms. The minimum absolute atomic E-state index is 0.289. The Balaban J connectivity index is 1.84. The van der Waals surface area contributed by atoms with E-state index in [0.29, 0.717) is 28.4 Å². The molecule has 138 valence electrons. The molecular formula is C21H20N2O4. The van der Waals surface area contributed by atoms with Gasteiger partial charge in [-0.2, -0.15) is 5.10 Å². The fraction of sp³-hybridized carbons (Fsp3) is 0.143. The maximum atomic E-state index is 12.5. The number of methoxy groups -OCH3 is 3. The van der Waals surface area contributed by atoms with E-state index in [0.717, 1.165) is 10.8 Å². The van der Waals surface area contributed by atoms with Crippen LogP contribution in [0.15, 0.2) is 59.7 Å². The summed E-state index contributed by atoms with van der Waals surface area (Å²) in [6, 6.07) is 16.7. The maximum absolute atomic E-state index is 12.5. The molecular weight excluding hydrogens is 344 g/mol. The predicted octanol–water partition coefficient (Wildman–Crippen LogP) is 3.63. The molecule has 0 saturated heterocycles. The summed E-state index contributed by atoms with van der Waals surface area (Å²) in [5.74, 6) is 1.35. The van der Waals surface area contributed by atoms with Crippen LogP contribution in [0.25, 0.3) is 10.8 Å². The van der Waals surface area contributed by atoms with Gasteiger partial charge in [0.25, 0.3) is 5.91 Å². The number of nitrogens with zero attached hydrogens (tertiary/aromatic N) is 1. The SMILES string of the molecule is COc1cc(OC)c(OC)cc1/C=N/NC(=O)c1cccc2ccccc12. The molecule has 0 radical (unpaired) electrons. The summed E-state index contributed by atoms with van der Waals surface area (Å²) in [5, 5.41) is 5.93. The summed E-state index contributed by atoms with van der Waals surface area (Å²) >= 11 is 0. The van der Waals surface area contributed by atoms with Gasteiger partial charge in [0.15, 0.2) is 11.5 Å². The van der Waals surface area contributed by atoms with Crippen molar-refractivity contribution in [1.82, 2.24) is 5.43 Å². The van der Waals surface area contributed by atoms with Crippen LogP contribution >= 0.6 is 0 Å². The van der Waals surface area contributed by atoms with Gasteiger partial charge in [-0.1, -0.05) is 36.4 Å². The molecule has 0 aliphatic carbocycles. The first-order valence-corrected chi connectivity index (χ1v) is 8.29. The van der Waals surface area contributed by atoms with E-state index < -0.39 is 0 Å². The van der Waals surface area contributed by atoms with Crippen LogP contribution in [-0.4, -0.2) is 33.5 Å². The molecule has 0 saturated carbocycles. The van der Waals surface area contributed by atoms with Crippen LogP contribution in [0.1, 0.15) is 15.9 Å². The van der Waals surface area contributed by atoms with Crippen molar-refractivity contribution in [3.63, 3.8) is 0 Å². The number of benzene rings is 3. The summed E-state index contributed by atoms with van der Waals surface area (Å²) in [5.41, 5.74) is 3.77. The molecule has 6 nitrogen and oxygen atoms in total. The Kier molecular flexibility index (Phi) is 5.56. The number of carbonyl (C=O) groups excluding carboxylic acids is 1. The lowest BCUT2D eigenvalue weighted by Crippen LogP contribution is -2.18. The fourth-order valence-electron chi connectivity index (χ4n) is 2.80. The molecule has 1 N–H and O–H groups in total. The van der Waals surface area contributed by atoms with Gasteiger partial charge in [-0.3, -0.25) is 4.79 Å². The number of nitrogens with one attached hydrogen (secondary N) is 1. The fourth-order valence-corrected chi connectivity index (χ4v) is 2.80. The molecule has 0 unspecified atom stereocenters. The van der Waals surface area contributed by atoms with Gasteiger partial charge in [-0.25, -0.2) is 5.43 Å². The first-order chi connectivity index (χ1) is 13.2. The molecule has 6 heteroatoms. The van der Waals surface area contributed by atoms with Crippen LogP contribution in [-0.2, 0) is 0 Å². The van der Waals surface area contributed by atoms with Gasteiger partial charge < -0.3 is 14.2 Å². The Hall–Kier alpha value is -3.54. The minimum Gasteiger partial charge on any atom is -0.496 e. The molecule has 0 bridgehead atoms. The van der Waals surface area contributed by atoms with Crippen molar-refractivity contribution in [2.24, 2.45) is 5.10 Å². The number of amides is 1. The lowest BCUT2D eigenvalue weighted by atomic mass is 10.0. The third-order valence-corrected chi connectivity index (χ3v) is 4.14. The maximum Gasteiger partial charge on any atom is 0.271 e. The molecule has 1 amide bonds. The number of rotatable bonds is 6. The Morgan fingerprint density at radius 3 is 2.30 bits per heavy atom. The third kappa shape index (κ3) is 3.84. The second kappa shape index (κ2) is 8.23. The summed E-state index contributed by atoms with van der Waals surface area (Å²) in [4.78, 5) is 12.5. The van der Waals surface area contributed by atoms with Crippen LogP contribution in [0.2, 0.25) is 0 Å². The number of hydrazone groups is 1. The van der Waals surface area contributed by atoms with Gasteiger partial charge in [0.2, 0.25) is 0 Å². The van der Waals surface area contributed by atoms with Gasteiger partial charge >= 0.3 is 0 Å². The van der Waals surface area contributed by atoms with Crippen LogP contribution in [0.5, 0.6) is 17.2 Å². The molecule has 3 aromatic carbocycles. The highest BCUT2D eigenvalue weighted by Gasteiger charge is 2.11. The van der Waals surface area contributed by atoms with Crippen molar-refractivity contribution in [3.8, 4) is 17.2 Å². The van der Waals surface area contributed by atoms with Gasteiger partial charge in [0.05, 0.1) is 27.5 Å². The number of fused-ring (bicyclic) bond motifs is 1. The van der Waals surface area contributed by atoms with Crippen molar-refractivity contribution in [2.45, 2.75) is 0 Å². The van der Waals surface area contributed by atoms with E-state index in [1.54, 1.807) is 39.5 Å². The van der Waals surface area contributed by atoms with Crippen LogP contribution < -0.4 is 19.6 Å². The van der Waals surface area contributed by atoms with E-state index in [2.05, 4.69) is 10.5 Å². The Labute approximate surface area is 157 Å². The van der Waals surface area contributed by atoms with E-state index in [-0.39, 0.29) is 5.91 Å². The number of carbonyl (C=O) groups is 1. The average Bonchev–Trinajstić information content (AvgIpc) is 2.72. The van der Waals surface area contributed by atoms with E-state index in [4.69, 9.17) is 14.2 Å². The summed E-state index contributed by atoms with van der Waals surface area (Å²) < 4.78 is 15.9. The predicted molar refractivity (Wildman–Crippen MR) is 105 cm³/mol. The molecule has 0 aliphatic rings. The molecule has 0 aliphatic heterocycles. The zero-order valence-corrected chi connectivity index (χ0v) is 15.4. The summed E-state index contributed by atoms with van der Waals surface area (Å²) in [6.45, 7) is 0. The zero-order valence-electron chi connectivity index (χ0n) is 15.4. The van der Waals surface area contributed by atoms with Crippen LogP contribution in [0.3, 0.4) is 0 Å². The minimum atomic E-state index is -0.289. The van der Waals surface area contributed by atoms with Crippen LogP contribution in [0, 0.1) is 0 Å². The van der Waals surface area contributed by atoms with Gasteiger partial charge in [0.1, 0.15) is 5.75 Å². The molecule has 0 aromatic heterocycles. The Morgan fingerprint density at radius 1 is 0.889 bits per heavy atom. The number of ether oxygens (including phenoxy) is 3. The highest BCUT2D eigenvalue weighted by atomic mass is 16.5. The Morgan fingerprint density at radius 2 is 1.56 bits per heavy atom. The molecule has 0 fully saturated rings. The lowest BCUT2D eigenvalue weighted by molar-refractivity contribution is 0.0957. The van der Waals surface area contributed by atoms with Crippen LogP contribution in [0.4, 0.5) is 0 Å². The van der Waals surface area contributed by atoms with Gasteiger partial charge in [-0.05, 0) is 22.9 Å². The second-order valence-electron chi connectivity index (χ2n) is 5.67. The van der Waals surface area contributed by atoms with E-state index >= 15 is 0 Å². The van der Waals surface area contributed by atoms with Crippen molar-refractivity contribution in [1.29, 1.82) is 0 Å². The average molecular weight is 364 g/mol. The smallest absolute Gasteiger partial charge is 0.271 e. The highest BCUT2D eigenvalue weighted by molar-refractivity contribution is 6.07. The first-order valence-electron chi connectivity index (χ1n) is 8.29. The molecule has 3 rings (SSSR count). The Bertz CT molecular complexity index is 993. The normalized spacial score (nSPS) is 10.8. The summed E-state index contributed by atoms with van der Waals surface area (Å²) in [6.07, 6.45) is 1.50. The van der Waals surface area contributed by atoms with E-state index in [1.807, 2.05) is 36.4 Å². The van der Waals surface area contributed by atoms with E-state index in [1.165, 1.54) is 6.21 Å². The number of hydrogen-bond donors (Lipinski definition) is 1. The largest absolute Gasteiger partial charge is 0.496 e.